The Hall–Kier alpha value is -2.00. The first-order chi connectivity index (χ1) is 10.2. The van der Waals surface area contributed by atoms with Gasteiger partial charge in [-0.3, -0.25) is 0 Å². The van der Waals surface area contributed by atoms with Gasteiger partial charge in [-0.05, 0) is 37.6 Å². The van der Waals surface area contributed by atoms with Crippen LogP contribution < -0.4 is 9.64 Å². The second kappa shape index (κ2) is 5.78. The average molecular weight is 283 g/mol. The first-order valence-corrected chi connectivity index (χ1v) is 7.41. The Bertz CT molecular complexity index is 572. The number of benzene rings is 2. The van der Waals surface area contributed by atoms with Crippen LogP contribution in [0.1, 0.15) is 13.3 Å². The fourth-order valence-corrected chi connectivity index (χ4v) is 2.90. The van der Waals surface area contributed by atoms with Crippen LogP contribution in [-0.2, 0) is 0 Å². The highest BCUT2D eigenvalue weighted by Gasteiger charge is 2.44. The number of hydrogen-bond acceptors (Lipinski definition) is 3. The lowest BCUT2D eigenvalue weighted by atomic mass is 9.97. The molecule has 3 rings (SSSR count). The zero-order chi connectivity index (χ0) is 14.7. The third-order valence-corrected chi connectivity index (χ3v) is 4.35. The summed E-state index contributed by atoms with van der Waals surface area (Å²) in [5, 5.41) is 10.9. The SMILES string of the molecule is CC1N(c2ccccc2)CCC1(O)COc1ccccc1. The molecule has 3 nitrogen and oxygen atoms in total. The van der Waals surface area contributed by atoms with E-state index in [4.69, 9.17) is 4.74 Å². The summed E-state index contributed by atoms with van der Waals surface area (Å²) in [7, 11) is 0. The first kappa shape index (κ1) is 14.0. The maximum absolute atomic E-state index is 10.9. The molecule has 0 bridgehead atoms. The molecule has 1 N–H and O–H groups in total. The highest BCUT2D eigenvalue weighted by Crippen LogP contribution is 2.33. The van der Waals surface area contributed by atoms with Crippen LogP contribution in [0.15, 0.2) is 60.7 Å². The zero-order valence-corrected chi connectivity index (χ0v) is 12.3. The molecule has 0 aromatic heterocycles. The summed E-state index contributed by atoms with van der Waals surface area (Å²) in [6.45, 7) is 3.23. The van der Waals surface area contributed by atoms with Gasteiger partial charge in [-0.25, -0.2) is 0 Å². The molecule has 21 heavy (non-hydrogen) atoms. The molecule has 0 radical (unpaired) electrons. The second-order valence-electron chi connectivity index (χ2n) is 5.66. The van der Waals surface area contributed by atoms with Crippen LogP contribution in [-0.4, -0.2) is 29.9 Å². The van der Waals surface area contributed by atoms with E-state index in [9.17, 15) is 5.11 Å². The van der Waals surface area contributed by atoms with Gasteiger partial charge in [0.15, 0.2) is 0 Å². The lowest BCUT2D eigenvalue weighted by Gasteiger charge is -2.32. The molecule has 1 aliphatic heterocycles. The van der Waals surface area contributed by atoms with Crippen LogP contribution in [0.3, 0.4) is 0 Å². The standard InChI is InChI=1S/C18H21NO2/c1-15-18(20,14-21-17-10-6-3-7-11-17)12-13-19(15)16-8-4-2-5-9-16/h2-11,15,20H,12-14H2,1H3. The van der Waals surface area contributed by atoms with Gasteiger partial charge in [-0.2, -0.15) is 0 Å². The Morgan fingerprint density at radius 2 is 1.71 bits per heavy atom. The molecule has 0 aliphatic carbocycles. The molecule has 1 fully saturated rings. The number of nitrogens with zero attached hydrogens (tertiary/aromatic N) is 1. The normalized spacial score (nSPS) is 25.0. The second-order valence-corrected chi connectivity index (χ2v) is 5.66. The number of rotatable bonds is 4. The number of hydrogen-bond donors (Lipinski definition) is 1. The monoisotopic (exact) mass is 283 g/mol. The molecule has 2 atom stereocenters. The van der Waals surface area contributed by atoms with Gasteiger partial charge in [0.25, 0.3) is 0 Å². The van der Waals surface area contributed by atoms with Crippen molar-refractivity contribution in [2.75, 3.05) is 18.1 Å². The third-order valence-electron chi connectivity index (χ3n) is 4.35. The molecular formula is C18H21NO2. The topological polar surface area (TPSA) is 32.7 Å². The summed E-state index contributed by atoms with van der Waals surface area (Å²) in [4.78, 5) is 2.24. The molecule has 2 aromatic carbocycles. The fourth-order valence-electron chi connectivity index (χ4n) is 2.90. The van der Waals surface area contributed by atoms with E-state index in [-0.39, 0.29) is 6.04 Å². The molecule has 0 spiro atoms. The Morgan fingerprint density at radius 1 is 1.10 bits per heavy atom. The lowest BCUT2D eigenvalue weighted by molar-refractivity contribution is -0.00746. The van der Waals surface area contributed by atoms with Crippen molar-refractivity contribution < 1.29 is 9.84 Å². The van der Waals surface area contributed by atoms with E-state index in [0.29, 0.717) is 6.61 Å². The van der Waals surface area contributed by atoms with Crippen molar-refractivity contribution in [1.29, 1.82) is 0 Å². The van der Waals surface area contributed by atoms with Crippen LogP contribution in [0.5, 0.6) is 5.75 Å². The summed E-state index contributed by atoms with van der Waals surface area (Å²) in [5.41, 5.74) is 0.340. The van der Waals surface area contributed by atoms with Gasteiger partial charge in [0, 0.05) is 12.2 Å². The van der Waals surface area contributed by atoms with E-state index >= 15 is 0 Å². The van der Waals surface area contributed by atoms with Gasteiger partial charge in [0.1, 0.15) is 18.0 Å². The van der Waals surface area contributed by atoms with Crippen LogP contribution in [0.2, 0.25) is 0 Å². The van der Waals surface area contributed by atoms with Gasteiger partial charge < -0.3 is 14.7 Å². The third kappa shape index (κ3) is 2.88. The van der Waals surface area contributed by atoms with Gasteiger partial charge in [-0.15, -0.1) is 0 Å². The van der Waals surface area contributed by atoms with Crippen molar-refractivity contribution in [3.05, 3.63) is 60.7 Å². The van der Waals surface area contributed by atoms with E-state index in [1.807, 2.05) is 48.5 Å². The lowest BCUT2D eigenvalue weighted by Crippen LogP contribution is -2.47. The van der Waals surface area contributed by atoms with Crippen molar-refractivity contribution >= 4 is 5.69 Å². The van der Waals surface area contributed by atoms with E-state index in [2.05, 4.69) is 24.0 Å². The predicted molar refractivity (Wildman–Crippen MR) is 84.8 cm³/mol. The molecule has 1 aliphatic rings. The molecule has 2 aromatic rings. The van der Waals surface area contributed by atoms with Gasteiger partial charge in [-0.1, -0.05) is 36.4 Å². The molecule has 1 saturated heterocycles. The molecule has 0 saturated carbocycles. The predicted octanol–water partition coefficient (Wildman–Crippen LogP) is 3.10. The minimum Gasteiger partial charge on any atom is -0.491 e. The van der Waals surface area contributed by atoms with Crippen molar-refractivity contribution in [1.82, 2.24) is 0 Å². The fraction of sp³-hybridized carbons (Fsp3) is 0.333. The van der Waals surface area contributed by atoms with E-state index in [1.165, 1.54) is 0 Å². The van der Waals surface area contributed by atoms with Gasteiger partial charge >= 0.3 is 0 Å². The Balaban J connectivity index is 1.68. The zero-order valence-electron chi connectivity index (χ0n) is 12.3. The van der Waals surface area contributed by atoms with Gasteiger partial charge in [0.2, 0.25) is 0 Å². The van der Waals surface area contributed by atoms with Crippen LogP contribution in [0, 0.1) is 0 Å². The smallest absolute Gasteiger partial charge is 0.120 e. The number of aliphatic hydroxyl groups is 1. The number of para-hydroxylation sites is 2. The highest BCUT2D eigenvalue weighted by molar-refractivity contribution is 5.49. The van der Waals surface area contributed by atoms with E-state index in [1.54, 1.807) is 0 Å². The molecule has 0 amide bonds. The van der Waals surface area contributed by atoms with E-state index in [0.717, 1.165) is 24.4 Å². The Morgan fingerprint density at radius 3 is 2.38 bits per heavy atom. The molecule has 1 heterocycles. The quantitative estimate of drug-likeness (QED) is 0.936. The summed E-state index contributed by atoms with van der Waals surface area (Å²) in [6, 6.07) is 19.9. The summed E-state index contributed by atoms with van der Waals surface area (Å²) >= 11 is 0. The van der Waals surface area contributed by atoms with Crippen molar-refractivity contribution in [2.45, 2.75) is 25.0 Å². The maximum atomic E-state index is 10.9. The Labute approximate surface area is 125 Å². The maximum Gasteiger partial charge on any atom is 0.120 e. The minimum atomic E-state index is -0.814. The largest absolute Gasteiger partial charge is 0.491 e. The average Bonchev–Trinajstić information content (AvgIpc) is 2.84. The van der Waals surface area contributed by atoms with Crippen LogP contribution in [0.4, 0.5) is 5.69 Å². The van der Waals surface area contributed by atoms with Crippen molar-refractivity contribution in [3.8, 4) is 5.75 Å². The van der Waals surface area contributed by atoms with E-state index < -0.39 is 5.60 Å². The summed E-state index contributed by atoms with van der Waals surface area (Å²) < 4.78 is 5.77. The number of anilines is 1. The highest BCUT2D eigenvalue weighted by atomic mass is 16.5. The van der Waals surface area contributed by atoms with Crippen molar-refractivity contribution in [2.24, 2.45) is 0 Å². The number of ether oxygens (including phenoxy) is 1. The van der Waals surface area contributed by atoms with Crippen LogP contribution >= 0.6 is 0 Å². The molecule has 2 unspecified atom stereocenters. The summed E-state index contributed by atoms with van der Waals surface area (Å²) in [5.74, 6) is 0.802. The Kier molecular flexibility index (Phi) is 3.84. The molecular weight excluding hydrogens is 262 g/mol. The summed E-state index contributed by atoms with van der Waals surface area (Å²) in [6.07, 6.45) is 0.718. The molecule has 110 valence electrons. The van der Waals surface area contributed by atoms with Crippen molar-refractivity contribution in [3.63, 3.8) is 0 Å². The molecule has 3 heteroatoms. The first-order valence-electron chi connectivity index (χ1n) is 7.41. The minimum absolute atomic E-state index is 0.0311. The van der Waals surface area contributed by atoms with Gasteiger partial charge in [0.05, 0.1) is 6.04 Å². The van der Waals surface area contributed by atoms with Crippen LogP contribution in [0.25, 0.3) is 0 Å².